The molecule has 0 fully saturated rings. The van der Waals surface area contributed by atoms with Gasteiger partial charge in [-0.05, 0) is 37.1 Å². The molecule has 2 aromatic rings. The summed E-state index contributed by atoms with van der Waals surface area (Å²) in [6.45, 7) is 3.36. The second-order valence-electron chi connectivity index (χ2n) is 5.70. The molecule has 0 radical (unpaired) electrons. The first-order valence-corrected chi connectivity index (χ1v) is 8.00. The molecule has 1 amide bonds. The Hall–Kier alpha value is -1.84. The van der Waals surface area contributed by atoms with Crippen molar-refractivity contribution in [1.29, 1.82) is 0 Å². The Labute approximate surface area is 135 Å². The molecule has 0 spiro atoms. The van der Waals surface area contributed by atoms with Crippen LogP contribution in [0.5, 0.6) is 0 Å². The third-order valence-electron chi connectivity index (χ3n) is 4.23. The number of carbonyl (C=O) groups is 1. The molecule has 3 rings (SSSR count). The van der Waals surface area contributed by atoms with Gasteiger partial charge in [0.1, 0.15) is 6.04 Å². The Bertz CT molecular complexity index is 669. The highest BCUT2D eigenvalue weighted by atomic mass is 35.5. The van der Waals surface area contributed by atoms with E-state index in [1.807, 2.05) is 47.4 Å². The number of nitrogens with two attached hydrogens (primary N) is 1. The minimum absolute atomic E-state index is 0.172. The van der Waals surface area contributed by atoms with Gasteiger partial charge in [-0.1, -0.05) is 41.9 Å². The van der Waals surface area contributed by atoms with Crippen molar-refractivity contribution in [3.05, 3.63) is 64.7 Å². The van der Waals surface area contributed by atoms with E-state index in [1.54, 1.807) is 0 Å². The molecule has 22 heavy (non-hydrogen) atoms. The molecule has 2 aromatic carbocycles. The quantitative estimate of drug-likeness (QED) is 0.925. The number of halogens is 1. The highest BCUT2D eigenvalue weighted by Gasteiger charge is 2.25. The number of hydrogen-bond donors (Lipinski definition) is 1. The van der Waals surface area contributed by atoms with E-state index in [4.69, 9.17) is 11.6 Å². The number of anilines is 1. The molecule has 114 valence electrons. The van der Waals surface area contributed by atoms with Gasteiger partial charge in [0.2, 0.25) is 0 Å². The molecule has 0 bridgehead atoms. The van der Waals surface area contributed by atoms with E-state index in [2.05, 4.69) is 18.3 Å². The number of hydrogen-bond acceptors (Lipinski definition) is 1. The summed E-state index contributed by atoms with van der Waals surface area (Å²) in [5.41, 5.74) is 3.51. The van der Waals surface area contributed by atoms with Crippen LogP contribution in [-0.4, -0.2) is 19.0 Å². The molecule has 0 saturated heterocycles. The number of rotatable bonds is 4. The van der Waals surface area contributed by atoms with E-state index in [0.717, 1.165) is 23.7 Å². The average Bonchev–Trinajstić information content (AvgIpc) is 2.97. The number of fused-ring (bicyclic) bond motifs is 1. The Morgan fingerprint density at radius 3 is 2.73 bits per heavy atom. The number of quaternary nitrogens is 1. The fraction of sp³-hybridized carbons (Fsp3) is 0.278. The van der Waals surface area contributed by atoms with Crippen LogP contribution in [0.25, 0.3) is 0 Å². The summed E-state index contributed by atoms with van der Waals surface area (Å²) in [6.07, 6.45) is 0.953. The Balaban J connectivity index is 1.60. The van der Waals surface area contributed by atoms with E-state index in [-0.39, 0.29) is 11.9 Å². The number of carbonyl (C=O) groups excluding carboxylic acids is 1. The molecule has 1 heterocycles. The molecule has 0 unspecified atom stereocenters. The molecular weight excluding hydrogens is 296 g/mol. The van der Waals surface area contributed by atoms with Crippen molar-refractivity contribution in [2.45, 2.75) is 19.4 Å². The zero-order valence-corrected chi connectivity index (χ0v) is 13.4. The maximum absolute atomic E-state index is 12.5. The van der Waals surface area contributed by atoms with Crippen LogP contribution in [0, 0.1) is 0 Å². The molecule has 2 N–H and O–H groups in total. The SMILES string of the molecule is C[C@H]([NH2+]CC(=O)N1CCc2ccccc21)c1ccc(Cl)cc1. The molecular formula is C18H20ClN2O+. The Kier molecular flexibility index (Phi) is 4.46. The maximum atomic E-state index is 12.5. The Morgan fingerprint density at radius 1 is 1.23 bits per heavy atom. The van der Waals surface area contributed by atoms with Gasteiger partial charge in [0.05, 0.1) is 0 Å². The van der Waals surface area contributed by atoms with Crippen molar-refractivity contribution >= 4 is 23.2 Å². The van der Waals surface area contributed by atoms with Crippen LogP contribution in [0.1, 0.15) is 24.1 Å². The molecule has 1 aliphatic heterocycles. The standard InChI is InChI=1S/C18H19ClN2O/c1-13(14-6-8-16(19)9-7-14)20-12-18(22)21-11-10-15-4-2-3-5-17(15)21/h2-9,13,20H,10-12H2,1H3/p+1/t13-/m0/s1. The molecule has 4 heteroatoms. The molecule has 1 atom stereocenters. The van der Waals surface area contributed by atoms with Crippen LogP contribution in [0.2, 0.25) is 5.02 Å². The number of benzene rings is 2. The van der Waals surface area contributed by atoms with Crippen molar-refractivity contribution in [2.24, 2.45) is 0 Å². The number of amides is 1. The number of para-hydroxylation sites is 1. The van der Waals surface area contributed by atoms with Gasteiger partial charge in [0.15, 0.2) is 6.54 Å². The van der Waals surface area contributed by atoms with Gasteiger partial charge >= 0.3 is 0 Å². The molecule has 3 nitrogen and oxygen atoms in total. The smallest absolute Gasteiger partial charge is 0.282 e. The van der Waals surface area contributed by atoms with Gasteiger partial charge in [-0.3, -0.25) is 4.79 Å². The predicted octanol–water partition coefficient (Wildman–Crippen LogP) is 2.55. The topological polar surface area (TPSA) is 36.9 Å². The van der Waals surface area contributed by atoms with E-state index in [0.29, 0.717) is 6.54 Å². The monoisotopic (exact) mass is 315 g/mol. The summed E-state index contributed by atoms with van der Waals surface area (Å²) in [7, 11) is 0. The Morgan fingerprint density at radius 2 is 1.95 bits per heavy atom. The minimum Gasteiger partial charge on any atom is -0.333 e. The first-order chi connectivity index (χ1) is 10.6. The average molecular weight is 316 g/mol. The van der Waals surface area contributed by atoms with E-state index < -0.39 is 0 Å². The lowest BCUT2D eigenvalue weighted by molar-refractivity contribution is -0.682. The largest absolute Gasteiger partial charge is 0.333 e. The zero-order chi connectivity index (χ0) is 15.5. The summed E-state index contributed by atoms with van der Waals surface area (Å²) < 4.78 is 0. The molecule has 0 saturated carbocycles. The van der Waals surface area contributed by atoms with Crippen LogP contribution in [0.15, 0.2) is 48.5 Å². The third kappa shape index (κ3) is 3.16. The summed E-state index contributed by atoms with van der Waals surface area (Å²) in [4.78, 5) is 14.4. The fourth-order valence-electron chi connectivity index (χ4n) is 2.89. The van der Waals surface area contributed by atoms with Gasteiger partial charge in [-0.15, -0.1) is 0 Å². The van der Waals surface area contributed by atoms with Crippen LogP contribution in [0.3, 0.4) is 0 Å². The predicted molar refractivity (Wildman–Crippen MR) is 89.2 cm³/mol. The van der Waals surface area contributed by atoms with Crippen LogP contribution in [-0.2, 0) is 11.2 Å². The van der Waals surface area contributed by atoms with Crippen molar-refractivity contribution in [3.63, 3.8) is 0 Å². The lowest BCUT2D eigenvalue weighted by atomic mass is 10.1. The lowest BCUT2D eigenvalue weighted by Gasteiger charge is -2.18. The van der Waals surface area contributed by atoms with Gasteiger partial charge in [-0.2, -0.15) is 0 Å². The normalized spacial score (nSPS) is 14.7. The first-order valence-electron chi connectivity index (χ1n) is 7.62. The van der Waals surface area contributed by atoms with Crippen LogP contribution in [0.4, 0.5) is 5.69 Å². The highest BCUT2D eigenvalue weighted by Crippen LogP contribution is 2.27. The van der Waals surface area contributed by atoms with Crippen molar-refractivity contribution in [2.75, 3.05) is 18.0 Å². The number of nitrogens with zero attached hydrogens (tertiary/aromatic N) is 1. The van der Waals surface area contributed by atoms with Crippen molar-refractivity contribution in [3.8, 4) is 0 Å². The lowest BCUT2D eigenvalue weighted by Crippen LogP contribution is -2.87. The van der Waals surface area contributed by atoms with Crippen molar-refractivity contribution < 1.29 is 10.1 Å². The van der Waals surface area contributed by atoms with E-state index in [9.17, 15) is 4.79 Å². The maximum Gasteiger partial charge on any atom is 0.282 e. The fourth-order valence-corrected chi connectivity index (χ4v) is 3.01. The van der Waals surface area contributed by atoms with Crippen LogP contribution >= 0.6 is 11.6 Å². The minimum atomic E-state index is 0.172. The molecule has 1 aliphatic rings. The molecule has 0 aliphatic carbocycles. The van der Waals surface area contributed by atoms with Gasteiger partial charge in [0.25, 0.3) is 5.91 Å². The second-order valence-corrected chi connectivity index (χ2v) is 6.14. The summed E-state index contributed by atoms with van der Waals surface area (Å²) in [6, 6.07) is 16.2. The van der Waals surface area contributed by atoms with Gasteiger partial charge < -0.3 is 10.2 Å². The first kappa shape index (κ1) is 15.1. The highest BCUT2D eigenvalue weighted by molar-refractivity contribution is 6.30. The van der Waals surface area contributed by atoms with Crippen molar-refractivity contribution in [1.82, 2.24) is 0 Å². The van der Waals surface area contributed by atoms with E-state index in [1.165, 1.54) is 11.1 Å². The summed E-state index contributed by atoms with van der Waals surface area (Å²) >= 11 is 5.91. The summed E-state index contributed by atoms with van der Waals surface area (Å²) in [5, 5.41) is 2.81. The van der Waals surface area contributed by atoms with Gasteiger partial charge in [-0.25, -0.2) is 0 Å². The molecule has 0 aromatic heterocycles. The van der Waals surface area contributed by atoms with E-state index >= 15 is 0 Å². The summed E-state index contributed by atoms with van der Waals surface area (Å²) in [5.74, 6) is 0.172. The van der Waals surface area contributed by atoms with Gasteiger partial charge in [0, 0.05) is 22.8 Å². The zero-order valence-electron chi connectivity index (χ0n) is 12.6. The third-order valence-corrected chi connectivity index (χ3v) is 4.48. The van der Waals surface area contributed by atoms with Crippen LogP contribution < -0.4 is 10.2 Å². The second kappa shape index (κ2) is 6.51.